The van der Waals surface area contributed by atoms with E-state index in [0.717, 1.165) is 31.6 Å². The third-order valence-electron chi connectivity index (χ3n) is 4.22. The van der Waals surface area contributed by atoms with Gasteiger partial charge in [0.25, 0.3) is 0 Å². The molecule has 0 radical (unpaired) electrons. The Labute approximate surface area is 127 Å². The minimum atomic E-state index is -0.289. The maximum Gasteiger partial charge on any atom is 0.340 e. The van der Waals surface area contributed by atoms with Gasteiger partial charge in [0, 0.05) is 13.1 Å². The van der Waals surface area contributed by atoms with E-state index in [4.69, 9.17) is 10.5 Å². The van der Waals surface area contributed by atoms with E-state index in [-0.39, 0.29) is 5.97 Å². The van der Waals surface area contributed by atoms with Gasteiger partial charge in [-0.25, -0.2) is 4.79 Å². The number of hydrogen-bond donors (Lipinski definition) is 1. The lowest BCUT2D eigenvalue weighted by molar-refractivity contribution is 0.0527. The van der Waals surface area contributed by atoms with Gasteiger partial charge in [-0.2, -0.15) is 0 Å². The molecular formula is C17H26N2O2. The van der Waals surface area contributed by atoms with E-state index in [2.05, 4.69) is 18.7 Å². The maximum atomic E-state index is 12.2. The molecule has 4 heteroatoms. The van der Waals surface area contributed by atoms with E-state index in [1.165, 1.54) is 6.42 Å². The van der Waals surface area contributed by atoms with Crippen molar-refractivity contribution >= 4 is 17.3 Å². The van der Waals surface area contributed by atoms with Crippen molar-refractivity contribution in [2.24, 2.45) is 5.41 Å². The van der Waals surface area contributed by atoms with Gasteiger partial charge in [-0.15, -0.1) is 0 Å². The Morgan fingerprint density at radius 3 is 2.81 bits per heavy atom. The van der Waals surface area contributed by atoms with E-state index in [9.17, 15) is 4.79 Å². The Hall–Kier alpha value is -1.71. The molecule has 0 amide bonds. The molecule has 1 saturated heterocycles. The van der Waals surface area contributed by atoms with E-state index in [0.29, 0.717) is 23.3 Å². The van der Waals surface area contributed by atoms with Gasteiger partial charge in [0.2, 0.25) is 0 Å². The van der Waals surface area contributed by atoms with Gasteiger partial charge in [-0.3, -0.25) is 0 Å². The Bertz CT molecular complexity index is 512. The summed E-state index contributed by atoms with van der Waals surface area (Å²) in [6, 6.07) is 5.47. The quantitative estimate of drug-likeness (QED) is 0.684. The van der Waals surface area contributed by atoms with Crippen LogP contribution in [0.5, 0.6) is 0 Å². The number of ether oxygens (including phenoxy) is 1. The molecule has 116 valence electrons. The normalized spacial score (nSPS) is 18.1. The van der Waals surface area contributed by atoms with Crippen molar-refractivity contribution in [2.75, 3.05) is 30.3 Å². The van der Waals surface area contributed by atoms with Crippen LogP contribution < -0.4 is 10.6 Å². The zero-order valence-electron chi connectivity index (χ0n) is 13.3. The van der Waals surface area contributed by atoms with Crippen LogP contribution in [0.25, 0.3) is 0 Å². The first kappa shape index (κ1) is 15.7. The van der Waals surface area contributed by atoms with Crippen LogP contribution in [0.4, 0.5) is 11.4 Å². The zero-order chi connectivity index (χ0) is 15.5. The molecule has 0 bridgehead atoms. The number of hydrogen-bond acceptors (Lipinski definition) is 4. The summed E-state index contributed by atoms with van der Waals surface area (Å²) in [6.07, 6.45) is 3.41. The van der Waals surface area contributed by atoms with Crippen LogP contribution in [0.1, 0.15) is 50.4 Å². The molecule has 2 N–H and O–H groups in total. The predicted octanol–water partition coefficient (Wildman–Crippen LogP) is 3.46. The molecule has 21 heavy (non-hydrogen) atoms. The molecule has 1 fully saturated rings. The number of esters is 1. The number of nitrogens with two attached hydrogens (primary N) is 1. The number of benzene rings is 1. The van der Waals surface area contributed by atoms with Crippen molar-refractivity contribution in [3.05, 3.63) is 23.8 Å². The van der Waals surface area contributed by atoms with E-state index >= 15 is 0 Å². The Kier molecular flexibility index (Phi) is 4.76. The molecule has 0 aromatic heterocycles. The number of nitrogen functional groups attached to an aromatic ring is 1. The lowest BCUT2D eigenvalue weighted by Crippen LogP contribution is -2.28. The van der Waals surface area contributed by atoms with Gasteiger partial charge in [0.05, 0.1) is 23.5 Å². The van der Waals surface area contributed by atoms with E-state index < -0.39 is 0 Å². The van der Waals surface area contributed by atoms with Crippen LogP contribution in [-0.4, -0.2) is 25.7 Å². The summed E-state index contributed by atoms with van der Waals surface area (Å²) in [5, 5.41) is 0. The summed E-state index contributed by atoms with van der Waals surface area (Å²) in [7, 11) is 0. The molecule has 4 nitrogen and oxygen atoms in total. The van der Waals surface area contributed by atoms with E-state index in [1.54, 1.807) is 6.07 Å². The first-order valence-electron chi connectivity index (χ1n) is 7.75. The fourth-order valence-electron chi connectivity index (χ4n) is 2.93. The summed E-state index contributed by atoms with van der Waals surface area (Å²) in [4.78, 5) is 14.4. The zero-order valence-corrected chi connectivity index (χ0v) is 13.3. The topological polar surface area (TPSA) is 55.6 Å². The fourth-order valence-corrected chi connectivity index (χ4v) is 2.93. The largest absolute Gasteiger partial charge is 0.462 e. The van der Waals surface area contributed by atoms with Crippen molar-refractivity contribution in [1.29, 1.82) is 0 Å². The lowest BCUT2D eigenvalue weighted by atomic mass is 9.85. The minimum absolute atomic E-state index is 0.289. The second-order valence-corrected chi connectivity index (χ2v) is 6.47. The van der Waals surface area contributed by atoms with Gasteiger partial charge < -0.3 is 15.4 Å². The number of anilines is 2. The third kappa shape index (κ3) is 3.69. The maximum absolute atomic E-state index is 12.2. The Morgan fingerprint density at radius 2 is 2.10 bits per heavy atom. The predicted molar refractivity (Wildman–Crippen MR) is 86.7 cm³/mol. The Morgan fingerprint density at radius 1 is 1.33 bits per heavy atom. The summed E-state index contributed by atoms with van der Waals surface area (Å²) >= 11 is 0. The average molecular weight is 290 g/mol. The lowest BCUT2D eigenvalue weighted by Gasteiger charge is -2.27. The van der Waals surface area contributed by atoms with E-state index in [1.807, 2.05) is 19.1 Å². The van der Waals surface area contributed by atoms with Crippen LogP contribution in [0.2, 0.25) is 0 Å². The molecular weight excluding hydrogens is 264 g/mol. The van der Waals surface area contributed by atoms with Crippen LogP contribution in [-0.2, 0) is 4.74 Å². The average Bonchev–Trinajstić information content (AvgIpc) is 2.60. The van der Waals surface area contributed by atoms with Crippen molar-refractivity contribution in [2.45, 2.75) is 40.0 Å². The second-order valence-electron chi connectivity index (χ2n) is 6.47. The number of nitrogens with zero attached hydrogens (tertiary/aromatic N) is 1. The third-order valence-corrected chi connectivity index (χ3v) is 4.22. The molecule has 0 aliphatic carbocycles. The number of para-hydroxylation sites is 1. The minimum Gasteiger partial charge on any atom is -0.462 e. The highest BCUT2D eigenvalue weighted by Crippen LogP contribution is 2.35. The standard InChI is InChI=1S/C17H26N2O2/c1-4-21-16(20)13-7-5-8-14(18)15(13)19-11-6-9-17(2,3)10-12-19/h5,7-8H,4,6,9-12,18H2,1-3H3. The van der Waals surface area contributed by atoms with Gasteiger partial charge in [0.1, 0.15) is 0 Å². The van der Waals surface area contributed by atoms with Gasteiger partial charge in [-0.1, -0.05) is 19.9 Å². The van der Waals surface area contributed by atoms with Crippen LogP contribution in [0, 0.1) is 5.41 Å². The number of rotatable bonds is 3. The van der Waals surface area contributed by atoms with Gasteiger partial charge >= 0.3 is 5.97 Å². The fraction of sp³-hybridized carbons (Fsp3) is 0.588. The highest BCUT2D eigenvalue weighted by Gasteiger charge is 2.26. The highest BCUT2D eigenvalue weighted by molar-refractivity contribution is 5.99. The van der Waals surface area contributed by atoms with Crippen LogP contribution in [0.3, 0.4) is 0 Å². The summed E-state index contributed by atoms with van der Waals surface area (Å²) in [5.41, 5.74) is 8.58. The molecule has 1 aromatic rings. The molecule has 1 heterocycles. The van der Waals surface area contributed by atoms with Crippen LogP contribution >= 0.6 is 0 Å². The molecule has 1 aromatic carbocycles. The number of carbonyl (C=O) groups is 1. The molecule has 2 rings (SSSR count). The number of carbonyl (C=O) groups excluding carboxylic acids is 1. The molecule has 0 saturated carbocycles. The Balaban J connectivity index is 2.32. The molecule has 1 aliphatic heterocycles. The molecule has 0 atom stereocenters. The summed E-state index contributed by atoms with van der Waals surface area (Å²) in [5.74, 6) is -0.289. The second kappa shape index (κ2) is 6.37. The van der Waals surface area contributed by atoms with Crippen molar-refractivity contribution < 1.29 is 9.53 Å². The van der Waals surface area contributed by atoms with Gasteiger partial charge in [-0.05, 0) is 43.7 Å². The first-order valence-corrected chi connectivity index (χ1v) is 7.75. The monoisotopic (exact) mass is 290 g/mol. The van der Waals surface area contributed by atoms with Gasteiger partial charge in [0.15, 0.2) is 0 Å². The molecule has 1 aliphatic rings. The molecule has 0 unspecified atom stereocenters. The SMILES string of the molecule is CCOC(=O)c1cccc(N)c1N1CCCC(C)(C)CC1. The smallest absolute Gasteiger partial charge is 0.340 e. The molecule has 0 spiro atoms. The summed E-state index contributed by atoms with van der Waals surface area (Å²) < 4.78 is 5.17. The van der Waals surface area contributed by atoms with Crippen molar-refractivity contribution in [3.8, 4) is 0 Å². The highest BCUT2D eigenvalue weighted by atomic mass is 16.5. The first-order chi connectivity index (χ1) is 9.94. The van der Waals surface area contributed by atoms with Crippen molar-refractivity contribution in [1.82, 2.24) is 0 Å². The van der Waals surface area contributed by atoms with Crippen LogP contribution in [0.15, 0.2) is 18.2 Å². The summed E-state index contributed by atoms with van der Waals surface area (Å²) in [6.45, 7) is 8.66. The van der Waals surface area contributed by atoms with Crippen molar-refractivity contribution in [3.63, 3.8) is 0 Å².